The van der Waals surface area contributed by atoms with E-state index in [1.165, 1.54) is 16.9 Å². The Bertz CT molecular complexity index is 1040. The summed E-state index contributed by atoms with van der Waals surface area (Å²) in [5.74, 6) is -0.180. The quantitative estimate of drug-likeness (QED) is 0.602. The van der Waals surface area contributed by atoms with Gasteiger partial charge in [-0.3, -0.25) is 4.79 Å². The zero-order chi connectivity index (χ0) is 19.9. The van der Waals surface area contributed by atoms with Crippen LogP contribution < -0.4 is 10.6 Å². The summed E-state index contributed by atoms with van der Waals surface area (Å²) < 4.78 is 0. The van der Waals surface area contributed by atoms with E-state index < -0.39 is 0 Å². The standard InChI is InChI=1S/C22H20N4OS/c1-15-7-9-17(10-8-15)12-25-21(27)19-5-3-4-6-20(19)24-13-18(11-23)22-26-16(2)14-28-22/h3-10,13-14,24H,12H2,1-2H3,(H,25,27)/b18-13+. The van der Waals surface area contributed by atoms with Gasteiger partial charge in [-0.2, -0.15) is 5.26 Å². The molecule has 1 aromatic heterocycles. The lowest BCUT2D eigenvalue weighted by molar-refractivity contribution is 0.0951. The Morgan fingerprint density at radius 2 is 1.93 bits per heavy atom. The lowest BCUT2D eigenvalue weighted by Gasteiger charge is -2.10. The van der Waals surface area contributed by atoms with Gasteiger partial charge in [0.1, 0.15) is 16.6 Å². The van der Waals surface area contributed by atoms with Gasteiger partial charge < -0.3 is 10.6 Å². The molecule has 28 heavy (non-hydrogen) atoms. The maximum atomic E-state index is 12.6. The van der Waals surface area contributed by atoms with Crippen molar-refractivity contribution in [1.82, 2.24) is 10.3 Å². The number of nitrogens with zero attached hydrogens (tertiary/aromatic N) is 2. The van der Waals surface area contributed by atoms with Crippen LogP contribution in [0.15, 0.2) is 60.1 Å². The molecule has 0 bridgehead atoms. The van der Waals surface area contributed by atoms with Gasteiger partial charge in [-0.05, 0) is 31.5 Å². The van der Waals surface area contributed by atoms with Crippen LogP contribution >= 0.6 is 11.3 Å². The van der Waals surface area contributed by atoms with Gasteiger partial charge >= 0.3 is 0 Å². The zero-order valence-electron chi connectivity index (χ0n) is 15.7. The fourth-order valence-electron chi connectivity index (χ4n) is 2.56. The summed E-state index contributed by atoms with van der Waals surface area (Å²) in [6.07, 6.45) is 1.59. The van der Waals surface area contributed by atoms with Gasteiger partial charge in [-0.25, -0.2) is 4.98 Å². The van der Waals surface area contributed by atoms with Crippen LogP contribution in [-0.4, -0.2) is 10.9 Å². The van der Waals surface area contributed by atoms with Gasteiger partial charge in [0.15, 0.2) is 0 Å². The second-order valence-electron chi connectivity index (χ2n) is 6.32. The number of nitrogens with one attached hydrogen (secondary N) is 2. The molecule has 1 amide bonds. The smallest absolute Gasteiger partial charge is 0.253 e. The van der Waals surface area contributed by atoms with Crippen LogP contribution in [0, 0.1) is 25.2 Å². The summed E-state index contributed by atoms with van der Waals surface area (Å²) in [5.41, 5.74) is 4.66. The van der Waals surface area contributed by atoms with E-state index in [1.54, 1.807) is 18.3 Å². The molecule has 1 heterocycles. The number of benzene rings is 2. The second-order valence-corrected chi connectivity index (χ2v) is 7.18. The minimum atomic E-state index is -0.180. The Labute approximate surface area is 168 Å². The summed E-state index contributed by atoms with van der Waals surface area (Å²) in [4.78, 5) is 17.0. The van der Waals surface area contributed by atoms with Crippen LogP contribution in [0.1, 0.15) is 32.2 Å². The van der Waals surface area contributed by atoms with Gasteiger partial charge in [0.25, 0.3) is 5.91 Å². The highest BCUT2D eigenvalue weighted by Gasteiger charge is 2.11. The fraction of sp³-hybridized carbons (Fsp3) is 0.136. The number of amides is 1. The van der Waals surface area contributed by atoms with Crippen molar-refractivity contribution in [3.63, 3.8) is 0 Å². The van der Waals surface area contributed by atoms with Crippen LogP contribution in [0.5, 0.6) is 0 Å². The van der Waals surface area contributed by atoms with E-state index >= 15 is 0 Å². The van der Waals surface area contributed by atoms with Crippen molar-refractivity contribution in [2.75, 3.05) is 5.32 Å². The molecule has 3 aromatic rings. The topological polar surface area (TPSA) is 77.8 Å². The van der Waals surface area contributed by atoms with Crippen molar-refractivity contribution in [2.24, 2.45) is 0 Å². The number of aromatic nitrogens is 1. The highest BCUT2D eigenvalue weighted by molar-refractivity contribution is 7.10. The van der Waals surface area contributed by atoms with Crippen LogP contribution in [0.25, 0.3) is 5.57 Å². The molecule has 0 atom stereocenters. The number of anilines is 1. The summed E-state index contributed by atoms with van der Waals surface area (Å²) in [7, 11) is 0. The molecule has 0 fully saturated rings. The van der Waals surface area contributed by atoms with E-state index in [0.29, 0.717) is 28.4 Å². The molecule has 140 valence electrons. The number of carbonyl (C=O) groups excluding carboxylic acids is 1. The molecule has 0 unspecified atom stereocenters. The first-order valence-corrected chi connectivity index (χ1v) is 9.67. The van der Waals surface area contributed by atoms with Crippen molar-refractivity contribution in [3.8, 4) is 6.07 Å². The number of thiazole rings is 1. The molecule has 0 aliphatic heterocycles. The molecular formula is C22H20N4OS. The van der Waals surface area contributed by atoms with Crippen molar-refractivity contribution in [3.05, 3.63) is 87.5 Å². The Balaban J connectivity index is 1.73. The average Bonchev–Trinajstić information content (AvgIpc) is 3.14. The maximum absolute atomic E-state index is 12.6. The van der Waals surface area contributed by atoms with Gasteiger partial charge in [0.05, 0.1) is 11.3 Å². The Kier molecular flexibility index (Phi) is 6.20. The second kappa shape index (κ2) is 8.98. The highest BCUT2D eigenvalue weighted by atomic mass is 32.1. The van der Waals surface area contributed by atoms with Crippen molar-refractivity contribution >= 4 is 28.5 Å². The zero-order valence-corrected chi connectivity index (χ0v) is 16.5. The van der Waals surface area contributed by atoms with E-state index in [1.807, 2.05) is 55.6 Å². The molecule has 0 radical (unpaired) electrons. The lowest BCUT2D eigenvalue weighted by Crippen LogP contribution is -2.23. The van der Waals surface area contributed by atoms with Crippen molar-refractivity contribution in [2.45, 2.75) is 20.4 Å². The summed E-state index contributed by atoms with van der Waals surface area (Å²) in [5, 5.41) is 18.0. The van der Waals surface area contributed by atoms with Crippen LogP contribution in [0.2, 0.25) is 0 Å². The van der Waals surface area contributed by atoms with Crippen LogP contribution in [0.3, 0.4) is 0 Å². The van der Waals surface area contributed by atoms with E-state index in [0.717, 1.165) is 11.3 Å². The number of para-hydroxylation sites is 1. The highest BCUT2D eigenvalue weighted by Crippen LogP contribution is 2.21. The molecule has 6 heteroatoms. The fourth-order valence-corrected chi connectivity index (χ4v) is 3.32. The van der Waals surface area contributed by atoms with Crippen LogP contribution in [-0.2, 0) is 6.54 Å². The van der Waals surface area contributed by atoms with E-state index in [2.05, 4.69) is 21.7 Å². The minimum absolute atomic E-state index is 0.180. The molecule has 3 rings (SSSR count). The van der Waals surface area contributed by atoms with Crippen molar-refractivity contribution < 1.29 is 4.79 Å². The molecule has 5 nitrogen and oxygen atoms in total. The number of allylic oxidation sites excluding steroid dienone is 1. The third-order valence-electron chi connectivity index (χ3n) is 4.09. The van der Waals surface area contributed by atoms with Gasteiger partial charge in [0.2, 0.25) is 0 Å². The number of hydrogen-bond donors (Lipinski definition) is 2. The lowest BCUT2D eigenvalue weighted by atomic mass is 10.1. The summed E-state index contributed by atoms with van der Waals surface area (Å²) in [6.45, 7) is 4.36. The Hall–Kier alpha value is -3.43. The largest absolute Gasteiger partial charge is 0.360 e. The van der Waals surface area contributed by atoms with E-state index in [-0.39, 0.29) is 5.91 Å². The van der Waals surface area contributed by atoms with E-state index in [9.17, 15) is 10.1 Å². The SMILES string of the molecule is Cc1ccc(CNC(=O)c2ccccc2N/C=C(\C#N)c2nc(C)cs2)cc1. The summed E-state index contributed by atoms with van der Waals surface area (Å²) >= 11 is 1.41. The Morgan fingerprint density at radius 3 is 2.61 bits per heavy atom. The first-order valence-electron chi connectivity index (χ1n) is 8.79. The van der Waals surface area contributed by atoms with Crippen LogP contribution in [0.4, 0.5) is 5.69 Å². The minimum Gasteiger partial charge on any atom is -0.360 e. The molecule has 0 saturated carbocycles. The molecule has 0 aliphatic carbocycles. The summed E-state index contributed by atoms with van der Waals surface area (Å²) in [6, 6.07) is 17.4. The average molecular weight is 388 g/mol. The first-order chi connectivity index (χ1) is 13.6. The molecule has 0 saturated heterocycles. The third kappa shape index (κ3) is 4.84. The van der Waals surface area contributed by atoms with Gasteiger partial charge in [-0.1, -0.05) is 42.0 Å². The number of carbonyl (C=O) groups is 1. The van der Waals surface area contributed by atoms with Gasteiger partial charge in [0, 0.05) is 23.8 Å². The monoisotopic (exact) mass is 388 g/mol. The Morgan fingerprint density at radius 1 is 1.18 bits per heavy atom. The number of rotatable bonds is 6. The number of nitriles is 1. The molecule has 2 aromatic carbocycles. The predicted molar refractivity (Wildman–Crippen MR) is 113 cm³/mol. The molecule has 0 spiro atoms. The van der Waals surface area contributed by atoms with E-state index in [4.69, 9.17) is 0 Å². The van der Waals surface area contributed by atoms with Crippen molar-refractivity contribution in [1.29, 1.82) is 5.26 Å². The normalized spacial score (nSPS) is 11.0. The number of aryl methyl sites for hydroxylation is 2. The molecule has 0 aliphatic rings. The molecular weight excluding hydrogens is 368 g/mol. The number of hydrogen-bond acceptors (Lipinski definition) is 5. The van der Waals surface area contributed by atoms with Gasteiger partial charge in [-0.15, -0.1) is 11.3 Å². The maximum Gasteiger partial charge on any atom is 0.253 e. The predicted octanol–water partition coefficient (Wildman–Crippen LogP) is 4.67. The molecule has 2 N–H and O–H groups in total. The first kappa shape index (κ1) is 19.3. The third-order valence-corrected chi connectivity index (χ3v) is 5.08.